The summed E-state index contributed by atoms with van der Waals surface area (Å²) in [6, 6.07) is 17.2. The largest absolute Gasteiger partial charge is 0.448 e. The van der Waals surface area contributed by atoms with Crippen molar-refractivity contribution in [2.75, 3.05) is 19.7 Å². The van der Waals surface area contributed by atoms with E-state index in [4.69, 9.17) is 10.5 Å². The number of fused-ring (bicyclic) bond motifs is 3. The summed E-state index contributed by atoms with van der Waals surface area (Å²) in [4.78, 5) is 15.0. The minimum absolute atomic E-state index is 0.116. The summed E-state index contributed by atoms with van der Waals surface area (Å²) < 4.78 is 5.91. The zero-order valence-electron chi connectivity index (χ0n) is 17.3. The predicted molar refractivity (Wildman–Crippen MR) is 117 cm³/mol. The molecule has 2 N–H and O–H groups in total. The molecule has 2 unspecified atom stereocenters. The van der Waals surface area contributed by atoms with E-state index in [-0.39, 0.29) is 18.1 Å². The molecule has 2 aliphatic rings. The third kappa shape index (κ3) is 4.04. The Morgan fingerprint density at radius 2 is 1.72 bits per heavy atom. The molecule has 0 saturated carbocycles. The van der Waals surface area contributed by atoms with Gasteiger partial charge in [0, 0.05) is 18.5 Å². The highest BCUT2D eigenvalue weighted by Crippen LogP contribution is 2.44. The number of hydrogen-bond donors (Lipinski definition) is 1. The highest BCUT2D eigenvalue weighted by atomic mass is 16.6. The van der Waals surface area contributed by atoms with Crippen LogP contribution in [0.5, 0.6) is 0 Å². The van der Waals surface area contributed by atoms with E-state index in [2.05, 4.69) is 55.5 Å². The average molecular weight is 393 g/mol. The maximum absolute atomic E-state index is 13.0. The van der Waals surface area contributed by atoms with Gasteiger partial charge in [0.15, 0.2) is 0 Å². The van der Waals surface area contributed by atoms with Crippen LogP contribution in [0.1, 0.15) is 56.1 Å². The molecule has 4 heteroatoms. The molecule has 1 amide bonds. The molecule has 4 rings (SSSR count). The molecule has 2 atom stereocenters. The monoisotopic (exact) mass is 392 g/mol. The molecular weight excluding hydrogens is 360 g/mol. The van der Waals surface area contributed by atoms with Gasteiger partial charge in [-0.25, -0.2) is 4.79 Å². The van der Waals surface area contributed by atoms with Crippen LogP contribution in [0.4, 0.5) is 4.79 Å². The number of hydrogen-bond acceptors (Lipinski definition) is 3. The number of likely N-dealkylation sites (tertiary alicyclic amines) is 1. The van der Waals surface area contributed by atoms with Crippen LogP contribution >= 0.6 is 0 Å². The number of nitrogens with zero attached hydrogens (tertiary/aromatic N) is 1. The maximum Gasteiger partial charge on any atom is 0.410 e. The van der Waals surface area contributed by atoms with Gasteiger partial charge in [0.1, 0.15) is 6.61 Å². The Morgan fingerprint density at radius 1 is 1.07 bits per heavy atom. The summed E-state index contributed by atoms with van der Waals surface area (Å²) in [6.07, 6.45) is 5.09. The lowest BCUT2D eigenvalue weighted by Gasteiger charge is -2.39. The molecule has 1 heterocycles. The van der Waals surface area contributed by atoms with Gasteiger partial charge < -0.3 is 15.4 Å². The van der Waals surface area contributed by atoms with Crippen LogP contribution in [0.3, 0.4) is 0 Å². The Kier molecular flexibility index (Phi) is 6.19. The third-order valence-electron chi connectivity index (χ3n) is 6.59. The number of piperidine rings is 1. The molecule has 0 aromatic heterocycles. The first-order valence-electron chi connectivity index (χ1n) is 11.0. The van der Waals surface area contributed by atoms with Gasteiger partial charge in [-0.15, -0.1) is 0 Å². The van der Waals surface area contributed by atoms with Crippen molar-refractivity contribution in [1.82, 2.24) is 4.90 Å². The Bertz CT molecular complexity index is 805. The molecule has 154 valence electrons. The Hall–Kier alpha value is -2.33. The lowest BCUT2D eigenvalue weighted by atomic mass is 9.87. The molecular formula is C25H32N2O2. The highest BCUT2D eigenvalue weighted by molar-refractivity contribution is 5.79. The fourth-order valence-corrected chi connectivity index (χ4v) is 5.16. The topological polar surface area (TPSA) is 55.6 Å². The maximum atomic E-state index is 13.0. The van der Waals surface area contributed by atoms with E-state index in [0.717, 1.165) is 45.2 Å². The van der Waals surface area contributed by atoms with Gasteiger partial charge >= 0.3 is 6.09 Å². The number of ether oxygens (including phenoxy) is 1. The van der Waals surface area contributed by atoms with Crippen LogP contribution < -0.4 is 5.73 Å². The molecule has 2 aromatic rings. The van der Waals surface area contributed by atoms with Crippen molar-refractivity contribution in [1.29, 1.82) is 0 Å². The molecule has 2 aromatic carbocycles. The Labute approximate surface area is 174 Å². The fourth-order valence-electron chi connectivity index (χ4n) is 5.16. The van der Waals surface area contributed by atoms with Crippen LogP contribution in [-0.2, 0) is 4.74 Å². The molecule has 29 heavy (non-hydrogen) atoms. The molecule has 4 nitrogen and oxygen atoms in total. The van der Waals surface area contributed by atoms with Gasteiger partial charge in [0.2, 0.25) is 0 Å². The summed E-state index contributed by atoms with van der Waals surface area (Å²) in [5.41, 5.74) is 10.8. The number of carbonyl (C=O) groups excluding carboxylic acids is 1. The van der Waals surface area contributed by atoms with Crippen molar-refractivity contribution in [3.05, 3.63) is 59.7 Å². The summed E-state index contributed by atoms with van der Waals surface area (Å²) in [5.74, 6) is 0.750. The van der Waals surface area contributed by atoms with Crippen molar-refractivity contribution in [3.8, 4) is 11.1 Å². The lowest BCUT2D eigenvalue weighted by Crippen LogP contribution is -2.46. The van der Waals surface area contributed by atoms with E-state index in [1.807, 2.05) is 4.90 Å². The zero-order chi connectivity index (χ0) is 20.2. The summed E-state index contributed by atoms with van der Waals surface area (Å²) >= 11 is 0. The smallest absolute Gasteiger partial charge is 0.410 e. The molecule has 1 saturated heterocycles. The van der Waals surface area contributed by atoms with Crippen LogP contribution in [0, 0.1) is 5.92 Å². The van der Waals surface area contributed by atoms with Crippen molar-refractivity contribution >= 4 is 6.09 Å². The number of amides is 1. The quantitative estimate of drug-likeness (QED) is 0.738. The lowest BCUT2D eigenvalue weighted by molar-refractivity contribution is 0.0563. The summed E-state index contributed by atoms with van der Waals surface area (Å²) in [5, 5.41) is 0. The Morgan fingerprint density at radius 3 is 2.34 bits per heavy atom. The SMILES string of the molecule is CCCC1CC(CCN)CCN1C(=O)OCC1c2ccccc2-c2ccccc21. The first kappa shape index (κ1) is 20.0. The zero-order valence-corrected chi connectivity index (χ0v) is 17.3. The standard InChI is InChI=1S/C25H32N2O2/c1-2-7-19-16-18(12-14-26)13-15-27(19)25(28)29-17-24-22-10-5-3-8-20(22)21-9-4-6-11-23(21)24/h3-6,8-11,18-19,24H,2,7,12-17,26H2,1H3. The summed E-state index contributed by atoms with van der Waals surface area (Å²) in [6.45, 7) is 4.09. The number of benzene rings is 2. The van der Waals surface area contributed by atoms with Gasteiger partial charge in [-0.3, -0.25) is 0 Å². The van der Waals surface area contributed by atoms with Crippen LogP contribution in [0.15, 0.2) is 48.5 Å². The van der Waals surface area contributed by atoms with Crippen molar-refractivity contribution in [3.63, 3.8) is 0 Å². The molecule has 0 bridgehead atoms. The highest BCUT2D eigenvalue weighted by Gasteiger charge is 2.33. The second kappa shape index (κ2) is 9.00. The van der Waals surface area contributed by atoms with Crippen molar-refractivity contribution < 1.29 is 9.53 Å². The van der Waals surface area contributed by atoms with E-state index in [1.54, 1.807) is 0 Å². The van der Waals surface area contributed by atoms with Crippen LogP contribution in [-0.4, -0.2) is 36.7 Å². The van der Waals surface area contributed by atoms with Gasteiger partial charge in [-0.05, 0) is 60.4 Å². The number of rotatable bonds is 6. The minimum atomic E-state index is -0.156. The van der Waals surface area contributed by atoms with Gasteiger partial charge in [0.05, 0.1) is 0 Å². The van der Waals surface area contributed by atoms with E-state index >= 15 is 0 Å². The fraction of sp³-hybridized carbons (Fsp3) is 0.480. The van der Waals surface area contributed by atoms with E-state index < -0.39 is 0 Å². The van der Waals surface area contributed by atoms with Gasteiger partial charge in [-0.2, -0.15) is 0 Å². The van der Waals surface area contributed by atoms with E-state index in [0.29, 0.717) is 12.5 Å². The minimum Gasteiger partial charge on any atom is -0.448 e. The third-order valence-corrected chi connectivity index (χ3v) is 6.59. The normalized spacial score (nSPS) is 21.0. The van der Waals surface area contributed by atoms with E-state index in [1.165, 1.54) is 22.3 Å². The predicted octanol–water partition coefficient (Wildman–Crippen LogP) is 5.17. The van der Waals surface area contributed by atoms with Crippen LogP contribution in [0.25, 0.3) is 11.1 Å². The average Bonchev–Trinajstić information content (AvgIpc) is 3.07. The van der Waals surface area contributed by atoms with Crippen LogP contribution in [0.2, 0.25) is 0 Å². The molecule has 0 radical (unpaired) electrons. The van der Waals surface area contributed by atoms with E-state index in [9.17, 15) is 4.79 Å². The van der Waals surface area contributed by atoms with Crippen molar-refractivity contribution in [2.45, 2.75) is 51.0 Å². The molecule has 0 spiro atoms. The number of nitrogens with two attached hydrogens (primary N) is 1. The van der Waals surface area contributed by atoms with Gasteiger partial charge in [-0.1, -0.05) is 61.9 Å². The summed E-state index contributed by atoms with van der Waals surface area (Å²) in [7, 11) is 0. The molecule has 1 aliphatic heterocycles. The molecule has 1 fully saturated rings. The van der Waals surface area contributed by atoms with Crippen molar-refractivity contribution in [2.24, 2.45) is 11.7 Å². The first-order valence-corrected chi connectivity index (χ1v) is 11.0. The van der Waals surface area contributed by atoms with Gasteiger partial charge in [0.25, 0.3) is 0 Å². The Balaban J connectivity index is 1.45. The second-order valence-electron chi connectivity index (χ2n) is 8.41. The molecule has 1 aliphatic carbocycles. The first-order chi connectivity index (χ1) is 14.2. The second-order valence-corrected chi connectivity index (χ2v) is 8.41. The number of carbonyl (C=O) groups is 1.